The number of hydrogen-bond acceptors (Lipinski definition) is 5. The van der Waals surface area contributed by atoms with E-state index in [1.165, 1.54) is 6.21 Å². The molecule has 0 unspecified atom stereocenters. The molecule has 0 radical (unpaired) electrons. The number of anilines is 1. The van der Waals surface area contributed by atoms with Gasteiger partial charge in [-0.1, -0.05) is 42.5 Å². The number of amides is 3. The monoisotopic (exact) mass is 472 g/mol. The predicted molar refractivity (Wildman–Crippen MR) is 135 cm³/mol. The summed E-state index contributed by atoms with van der Waals surface area (Å²) in [5.74, 6) is -1.33. The van der Waals surface area contributed by atoms with Crippen LogP contribution in [-0.4, -0.2) is 37.1 Å². The largest absolute Gasteiger partial charge is 0.484 e. The van der Waals surface area contributed by atoms with Crippen molar-refractivity contribution in [1.29, 1.82) is 0 Å². The Hall–Kier alpha value is -4.46. The molecule has 0 saturated carbocycles. The van der Waals surface area contributed by atoms with Crippen LogP contribution in [-0.2, 0) is 20.8 Å². The van der Waals surface area contributed by atoms with Gasteiger partial charge in [0.25, 0.3) is 5.91 Å². The van der Waals surface area contributed by atoms with Crippen LogP contribution in [0.15, 0.2) is 77.9 Å². The fourth-order valence-electron chi connectivity index (χ4n) is 3.12. The van der Waals surface area contributed by atoms with Crippen molar-refractivity contribution in [1.82, 2.24) is 10.7 Å². The third kappa shape index (κ3) is 8.43. The summed E-state index contributed by atoms with van der Waals surface area (Å²) in [6, 6.07) is 22.3. The van der Waals surface area contributed by atoms with E-state index in [1.54, 1.807) is 24.3 Å². The summed E-state index contributed by atoms with van der Waals surface area (Å²) in [5, 5.41) is 9.20. The lowest BCUT2D eigenvalue weighted by molar-refractivity contribution is -0.139. The normalized spacial score (nSPS) is 10.6. The maximum atomic E-state index is 12.2. The van der Waals surface area contributed by atoms with Crippen molar-refractivity contribution in [2.24, 2.45) is 5.10 Å². The molecule has 3 rings (SSSR count). The molecule has 0 saturated heterocycles. The zero-order valence-corrected chi connectivity index (χ0v) is 19.7. The van der Waals surface area contributed by atoms with Crippen LogP contribution in [0.3, 0.4) is 0 Å². The van der Waals surface area contributed by atoms with Gasteiger partial charge in [0.05, 0.1) is 6.21 Å². The van der Waals surface area contributed by atoms with Crippen molar-refractivity contribution in [3.63, 3.8) is 0 Å². The van der Waals surface area contributed by atoms with Gasteiger partial charge in [0.1, 0.15) is 5.75 Å². The molecule has 0 heterocycles. The van der Waals surface area contributed by atoms with E-state index >= 15 is 0 Å². The highest BCUT2D eigenvalue weighted by Gasteiger charge is 2.11. The minimum Gasteiger partial charge on any atom is -0.484 e. The highest BCUT2D eigenvalue weighted by atomic mass is 16.5. The van der Waals surface area contributed by atoms with Crippen molar-refractivity contribution >= 4 is 29.6 Å². The average Bonchev–Trinajstić information content (AvgIpc) is 2.86. The number of carbonyl (C=O) groups excluding carboxylic acids is 3. The molecule has 35 heavy (non-hydrogen) atoms. The fraction of sp³-hybridized carbons (Fsp3) is 0.185. The van der Waals surface area contributed by atoms with Crippen molar-refractivity contribution < 1.29 is 19.1 Å². The molecule has 3 amide bonds. The number of hydrazone groups is 1. The third-order valence-electron chi connectivity index (χ3n) is 5.05. The lowest BCUT2D eigenvalue weighted by Crippen LogP contribution is -2.38. The Kier molecular flexibility index (Phi) is 9.13. The smallest absolute Gasteiger partial charge is 0.329 e. The fourth-order valence-corrected chi connectivity index (χ4v) is 3.12. The topological polar surface area (TPSA) is 109 Å². The van der Waals surface area contributed by atoms with Gasteiger partial charge in [-0.15, -0.1) is 0 Å². The van der Waals surface area contributed by atoms with Crippen LogP contribution in [0.4, 0.5) is 5.69 Å². The Morgan fingerprint density at radius 2 is 1.66 bits per heavy atom. The van der Waals surface area contributed by atoms with Crippen LogP contribution in [0.25, 0.3) is 0 Å². The van der Waals surface area contributed by atoms with Gasteiger partial charge in [-0.05, 0) is 72.9 Å². The summed E-state index contributed by atoms with van der Waals surface area (Å²) < 4.78 is 5.53. The summed E-state index contributed by atoms with van der Waals surface area (Å²) in [7, 11) is 0. The Morgan fingerprint density at radius 3 is 2.40 bits per heavy atom. The highest BCUT2D eigenvalue weighted by molar-refractivity contribution is 6.35. The van der Waals surface area contributed by atoms with Crippen LogP contribution < -0.4 is 20.8 Å². The molecule has 3 aromatic rings. The van der Waals surface area contributed by atoms with Crippen molar-refractivity contribution in [3.8, 4) is 5.75 Å². The van der Waals surface area contributed by atoms with E-state index in [-0.39, 0.29) is 12.5 Å². The third-order valence-corrected chi connectivity index (χ3v) is 5.05. The quantitative estimate of drug-likeness (QED) is 0.253. The van der Waals surface area contributed by atoms with E-state index in [9.17, 15) is 14.4 Å². The standard InChI is InChI=1S/C27H28N4O4/c1-19-8-9-20(2)24(16-19)30-25(32)18-35-23-12-10-22(11-13-23)17-29-31-27(34)26(33)28-15-14-21-6-4-3-5-7-21/h3-13,16-17H,14-15,18H2,1-2H3,(H,28,33)(H,30,32)(H,31,34)/b29-17-. The van der Waals surface area contributed by atoms with E-state index in [1.807, 2.05) is 62.4 Å². The molecule has 0 aliphatic rings. The van der Waals surface area contributed by atoms with Crippen LogP contribution in [0, 0.1) is 13.8 Å². The Bertz CT molecular complexity index is 1190. The number of rotatable bonds is 9. The molecular weight excluding hydrogens is 444 g/mol. The molecule has 0 atom stereocenters. The molecule has 3 N–H and O–H groups in total. The molecule has 0 aromatic heterocycles. The Balaban J connectivity index is 1.38. The molecule has 0 fully saturated rings. The van der Waals surface area contributed by atoms with Gasteiger partial charge < -0.3 is 15.4 Å². The molecular formula is C27H28N4O4. The van der Waals surface area contributed by atoms with Crippen molar-refractivity contribution in [3.05, 3.63) is 95.1 Å². The first-order chi connectivity index (χ1) is 16.9. The van der Waals surface area contributed by atoms with Crippen molar-refractivity contribution in [2.45, 2.75) is 20.3 Å². The summed E-state index contributed by atoms with van der Waals surface area (Å²) in [4.78, 5) is 35.9. The van der Waals surface area contributed by atoms with E-state index in [4.69, 9.17) is 4.74 Å². The van der Waals surface area contributed by atoms with E-state index < -0.39 is 11.8 Å². The summed E-state index contributed by atoms with van der Waals surface area (Å²) in [6.45, 7) is 4.11. The maximum Gasteiger partial charge on any atom is 0.329 e. The number of aryl methyl sites for hydroxylation is 2. The lowest BCUT2D eigenvalue weighted by atomic mass is 10.1. The molecule has 3 aromatic carbocycles. The first-order valence-corrected chi connectivity index (χ1v) is 11.2. The van der Waals surface area contributed by atoms with Crippen LogP contribution in [0.1, 0.15) is 22.3 Å². The molecule has 0 spiro atoms. The second-order valence-electron chi connectivity index (χ2n) is 7.91. The number of ether oxygens (including phenoxy) is 1. The van der Waals surface area contributed by atoms with Crippen LogP contribution in [0.2, 0.25) is 0 Å². The zero-order chi connectivity index (χ0) is 25.0. The Labute approximate surface area is 204 Å². The van der Waals surface area contributed by atoms with Gasteiger partial charge in [-0.25, -0.2) is 5.43 Å². The number of nitrogens with one attached hydrogen (secondary N) is 3. The molecule has 0 aliphatic carbocycles. The van der Waals surface area contributed by atoms with Crippen LogP contribution >= 0.6 is 0 Å². The molecule has 0 bridgehead atoms. The predicted octanol–water partition coefficient (Wildman–Crippen LogP) is 3.13. The minimum atomic E-state index is -0.843. The highest BCUT2D eigenvalue weighted by Crippen LogP contribution is 2.16. The van der Waals surface area contributed by atoms with Gasteiger partial charge in [-0.3, -0.25) is 14.4 Å². The van der Waals surface area contributed by atoms with Gasteiger partial charge in [-0.2, -0.15) is 5.10 Å². The number of carbonyl (C=O) groups is 3. The Morgan fingerprint density at radius 1 is 0.914 bits per heavy atom. The average molecular weight is 473 g/mol. The van der Waals surface area contributed by atoms with E-state index in [0.29, 0.717) is 24.3 Å². The van der Waals surface area contributed by atoms with E-state index in [2.05, 4.69) is 21.2 Å². The second-order valence-corrected chi connectivity index (χ2v) is 7.91. The summed E-state index contributed by atoms with van der Waals surface area (Å²) >= 11 is 0. The summed E-state index contributed by atoms with van der Waals surface area (Å²) in [6.07, 6.45) is 2.04. The van der Waals surface area contributed by atoms with Gasteiger partial charge in [0, 0.05) is 12.2 Å². The number of hydrogen-bond donors (Lipinski definition) is 3. The van der Waals surface area contributed by atoms with Gasteiger partial charge in [0.2, 0.25) is 0 Å². The van der Waals surface area contributed by atoms with E-state index in [0.717, 1.165) is 22.4 Å². The maximum absolute atomic E-state index is 12.2. The lowest BCUT2D eigenvalue weighted by Gasteiger charge is -2.10. The molecule has 180 valence electrons. The number of nitrogens with zero attached hydrogens (tertiary/aromatic N) is 1. The number of benzene rings is 3. The summed E-state index contributed by atoms with van der Waals surface area (Å²) in [5.41, 5.74) is 6.75. The van der Waals surface area contributed by atoms with Gasteiger partial charge in [0.15, 0.2) is 6.61 Å². The van der Waals surface area contributed by atoms with Crippen LogP contribution in [0.5, 0.6) is 5.75 Å². The first kappa shape index (κ1) is 25.2. The molecule has 0 aliphatic heterocycles. The van der Waals surface area contributed by atoms with Crippen molar-refractivity contribution in [2.75, 3.05) is 18.5 Å². The second kappa shape index (κ2) is 12.7. The first-order valence-electron chi connectivity index (χ1n) is 11.2. The molecule has 8 nitrogen and oxygen atoms in total. The zero-order valence-electron chi connectivity index (χ0n) is 19.7. The SMILES string of the molecule is Cc1ccc(C)c(NC(=O)COc2ccc(/C=N\NC(=O)C(=O)NCCc3ccccc3)cc2)c1. The molecule has 8 heteroatoms. The minimum absolute atomic E-state index is 0.129. The van der Waals surface area contributed by atoms with Gasteiger partial charge >= 0.3 is 11.8 Å².